The summed E-state index contributed by atoms with van der Waals surface area (Å²) in [5.41, 5.74) is -1.03. The topological polar surface area (TPSA) is 84.9 Å². The normalized spacial score (nSPS) is 16.1. The van der Waals surface area contributed by atoms with Crippen LogP contribution in [-0.4, -0.2) is 35.7 Å². The average molecular weight is 279 g/mol. The quantitative estimate of drug-likeness (QED) is 0.871. The molecule has 6 heteroatoms. The largest absolute Gasteiger partial charge is 0.486 e. The summed E-state index contributed by atoms with van der Waals surface area (Å²) in [6.07, 6.45) is 0.278. The number of hydrogen-bond donors (Lipinski definition) is 2. The molecule has 0 spiro atoms. The van der Waals surface area contributed by atoms with E-state index in [1.54, 1.807) is 25.1 Å². The molecule has 1 aliphatic rings. The summed E-state index contributed by atoms with van der Waals surface area (Å²) >= 11 is 0. The van der Waals surface area contributed by atoms with E-state index in [1.807, 2.05) is 0 Å². The Labute approximate surface area is 116 Å². The Morgan fingerprint density at radius 1 is 1.35 bits per heavy atom. The second-order valence-corrected chi connectivity index (χ2v) is 4.77. The average Bonchev–Trinajstić information content (AvgIpc) is 2.46. The van der Waals surface area contributed by atoms with E-state index < -0.39 is 17.4 Å². The van der Waals surface area contributed by atoms with Gasteiger partial charge in [0.05, 0.1) is 5.56 Å². The molecule has 0 saturated heterocycles. The Morgan fingerprint density at radius 3 is 2.70 bits per heavy atom. The molecule has 0 aliphatic carbocycles. The Balaban J connectivity index is 2.28. The van der Waals surface area contributed by atoms with Crippen molar-refractivity contribution in [1.82, 2.24) is 5.32 Å². The lowest BCUT2D eigenvalue weighted by Gasteiger charge is -2.26. The molecular formula is C14H17NO5. The third kappa shape index (κ3) is 2.54. The molecule has 1 aliphatic heterocycles. The summed E-state index contributed by atoms with van der Waals surface area (Å²) in [4.78, 5) is 23.5. The fourth-order valence-corrected chi connectivity index (χ4v) is 1.86. The fraction of sp³-hybridized carbons (Fsp3) is 0.429. The number of aliphatic carboxylic acids is 1. The minimum Gasteiger partial charge on any atom is -0.486 e. The van der Waals surface area contributed by atoms with E-state index in [-0.39, 0.29) is 12.0 Å². The molecule has 2 rings (SSSR count). The third-order valence-corrected chi connectivity index (χ3v) is 3.38. The lowest BCUT2D eigenvalue weighted by atomic mass is 9.98. The van der Waals surface area contributed by atoms with Crippen LogP contribution in [0.2, 0.25) is 0 Å². The minimum atomic E-state index is -1.31. The molecule has 1 atom stereocenters. The maximum atomic E-state index is 12.3. The maximum Gasteiger partial charge on any atom is 0.329 e. The zero-order chi connectivity index (χ0) is 14.8. The van der Waals surface area contributed by atoms with Crippen LogP contribution in [0.4, 0.5) is 0 Å². The van der Waals surface area contributed by atoms with Gasteiger partial charge in [-0.2, -0.15) is 0 Å². The molecule has 6 nitrogen and oxygen atoms in total. The number of carbonyl (C=O) groups is 2. The van der Waals surface area contributed by atoms with Crippen molar-refractivity contribution in [2.24, 2.45) is 0 Å². The highest BCUT2D eigenvalue weighted by molar-refractivity contribution is 6.00. The number of para-hydroxylation sites is 1. The van der Waals surface area contributed by atoms with Crippen LogP contribution in [-0.2, 0) is 4.79 Å². The lowest BCUT2D eigenvalue weighted by Crippen LogP contribution is -2.51. The van der Waals surface area contributed by atoms with Gasteiger partial charge in [0, 0.05) is 0 Å². The number of fused-ring (bicyclic) bond motifs is 1. The summed E-state index contributed by atoms with van der Waals surface area (Å²) in [6, 6.07) is 4.97. The molecule has 0 radical (unpaired) electrons. The number of amides is 1. The van der Waals surface area contributed by atoms with Gasteiger partial charge in [0.15, 0.2) is 11.5 Å². The monoisotopic (exact) mass is 279 g/mol. The van der Waals surface area contributed by atoms with Gasteiger partial charge < -0.3 is 19.9 Å². The molecule has 0 bridgehead atoms. The smallest absolute Gasteiger partial charge is 0.329 e. The number of nitrogens with one attached hydrogen (secondary N) is 1. The van der Waals surface area contributed by atoms with Gasteiger partial charge >= 0.3 is 5.97 Å². The molecule has 1 heterocycles. The first kappa shape index (κ1) is 14.2. The highest BCUT2D eigenvalue weighted by Crippen LogP contribution is 2.33. The van der Waals surface area contributed by atoms with Gasteiger partial charge in [0.25, 0.3) is 5.91 Å². The molecule has 1 amide bonds. The molecule has 0 aromatic heterocycles. The van der Waals surface area contributed by atoms with Crippen LogP contribution in [0, 0.1) is 0 Å². The van der Waals surface area contributed by atoms with Crippen molar-refractivity contribution in [3.05, 3.63) is 23.8 Å². The van der Waals surface area contributed by atoms with Gasteiger partial charge in [0.1, 0.15) is 18.8 Å². The van der Waals surface area contributed by atoms with E-state index in [9.17, 15) is 14.7 Å². The summed E-state index contributed by atoms with van der Waals surface area (Å²) in [5, 5.41) is 11.7. The van der Waals surface area contributed by atoms with Crippen LogP contribution in [0.25, 0.3) is 0 Å². The maximum absolute atomic E-state index is 12.3. The summed E-state index contributed by atoms with van der Waals surface area (Å²) in [6.45, 7) is 3.97. The van der Waals surface area contributed by atoms with E-state index in [1.165, 1.54) is 6.92 Å². The van der Waals surface area contributed by atoms with Crippen LogP contribution in [0.15, 0.2) is 18.2 Å². The van der Waals surface area contributed by atoms with Crippen molar-refractivity contribution in [3.63, 3.8) is 0 Å². The van der Waals surface area contributed by atoms with E-state index in [2.05, 4.69) is 5.32 Å². The summed E-state index contributed by atoms with van der Waals surface area (Å²) in [5.74, 6) is -0.702. The van der Waals surface area contributed by atoms with E-state index in [0.29, 0.717) is 24.7 Å². The Morgan fingerprint density at radius 2 is 2.05 bits per heavy atom. The molecule has 108 valence electrons. The van der Waals surface area contributed by atoms with Crippen molar-refractivity contribution in [3.8, 4) is 11.5 Å². The SMILES string of the molecule is CCC(C)(NC(=O)c1cccc2c1OCCO2)C(=O)O. The standard InChI is InChI=1S/C14H17NO5/c1-3-14(2,13(17)18)15-12(16)9-5-4-6-10-11(9)20-8-7-19-10/h4-6H,3,7-8H2,1-2H3,(H,15,16)(H,17,18). The zero-order valence-corrected chi connectivity index (χ0v) is 11.4. The fourth-order valence-electron chi connectivity index (χ4n) is 1.86. The molecular weight excluding hydrogens is 262 g/mol. The molecule has 1 unspecified atom stereocenters. The number of carbonyl (C=O) groups excluding carboxylic acids is 1. The number of benzene rings is 1. The first-order valence-corrected chi connectivity index (χ1v) is 6.42. The molecule has 20 heavy (non-hydrogen) atoms. The molecule has 0 fully saturated rings. The first-order chi connectivity index (χ1) is 9.48. The molecule has 0 saturated carbocycles. The van der Waals surface area contributed by atoms with Crippen molar-refractivity contribution < 1.29 is 24.2 Å². The summed E-state index contributed by atoms with van der Waals surface area (Å²) in [7, 11) is 0. The van der Waals surface area contributed by atoms with Crippen LogP contribution in [0.3, 0.4) is 0 Å². The van der Waals surface area contributed by atoms with Gasteiger partial charge in [-0.25, -0.2) is 4.79 Å². The van der Waals surface area contributed by atoms with Crippen LogP contribution >= 0.6 is 0 Å². The number of rotatable bonds is 4. The highest BCUT2D eigenvalue weighted by atomic mass is 16.6. The van der Waals surface area contributed by atoms with Crippen molar-refractivity contribution in [2.75, 3.05) is 13.2 Å². The second-order valence-electron chi connectivity index (χ2n) is 4.77. The van der Waals surface area contributed by atoms with Gasteiger partial charge in [-0.05, 0) is 25.5 Å². The van der Waals surface area contributed by atoms with Gasteiger partial charge in [-0.15, -0.1) is 0 Å². The van der Waals surface area contributed by atoms with Crippen molar-refractivity contribution in [1.29, 1.82) is 0 Å². The Bertz CT molecular complexity index is 542. The van der Waals surface area contributed by atoms with E-state index >= 15 is 0 Å². The van der Waals surface area contributed by atoms with E-state index in [4.69, 9.17) is 9.47 Å². The Hall–Kier alpha value is -2.24. The Kier molecular flexibility index (Phi) is 3.83. The molecule has 2 N–H and O–H groups in total. The lowest BCUT2D eigenvalue weighted by molar-refractivity contribution is -0.143. The number of carboxylic acids is 1. The number of hydrogen-bond acceptors (Lipinski definition) is 4. The van der Waals surface area contributed by atoms with Crippen LogP contribution < -0.4 is 14.8 Å². The zero-order valence-electron chi connectivity index (χ0n) is 11.4. The van der Waals surface area contributed by atoms with Crippen molar-refractivity contribution >= 4 is 11.9 Å². The molecule has 1 aromatic carbocycles. The van der Waals surface area contributed by atoms with Crippen LogP contribution in [0.1, 0.15) is 30.6 Å². The predicted octanol–water partition coefficient (Wildman–Crippen LogP) is 1.44. The van der Waals surface area contributed by atoms with Crippen molar-refractivity contribution in [2.45, 2.75) is 25.8 Å². The predicted molar refractivity (Wildman–Crippen MR) is 71.2 cm³/mol. The van der Waals surface area contributed by atoms with Gasteiger partial charge in [-0.1, -0.05) is 13.0 Å². The second kappa shape index (κ2) is 5.40. The highest BCUT2D eigenvalue weighted by Gasteiger charge is 2.34. The van der Waals surface area contributed by atoms with Gasteiger partial charge in [0.2, 0.25) is 0 Å². The number of carboxylic acid groups (broad SMARTS) is 1. The van der Waals surface area contributed by atoms with Gasteiger partial charge in [-0.3, -0.25) is 4.79 Å². The summed E-state index contributed by atoms with van der Waals surface area (Å²) < 4.78 is 10.8. The molecule has 1 aromatic rings. The van der Waals surface area contributed by atoms with Crippen LogP contribution in [0.5, 0.6) is 11.5 Å². The van der Waals surface area contributed by atoms with E-state index in [0.717, 1.165) is 0 Å². The third-order valence-electron chi connectivity index (χ3n) is 3.38. The minimum absolute atomic E-state index is 0.278. The first-order valence-electron chi connectivity index (χ1n) is 6.42. The number of ether oxygens (including phenoxy) is 2.